The van der Waals surface area contributed by atoms with Crippen molar-refractivity contribution in [2.45, 2.75) is 31.0 Å². The zero-order valence-corrected chi connectivity index (χ0v) is 9.08. The fourth-order valence-electron chi connectivity index (χ4n) is 1.79. The third-order valence-corrected chi connectivity index (χ3v) is 2.80. The molecule has 0 aromatic rings. The number of β-amino-alcohol motifs (C(OH)–C–C–N with tert-alkyl or cyclic N) is 1. The lowest BCUT2D eigenvalue weighted by molar-refractivity contribution is -0.352. The standard InChI is InChI=1S/C9H11F3N2O4/c10-9(11,12)18-8(1-2-8)14-7(17)5-4(15)3-13-6(5)16/h4-5,15H,1-3H2,(H,13,16)(H,14,17). The summed E-state index contributed by atoms with van der Waals surface area (Å²) in [5.74, 6) is -3.05. The second kappa shape index (κ2) is 4.09. The zero-order valence-electron chi connectivity index (χ0n) is 9.08. The highest BCUT2D eigenvalue weighted by Gasteiger charge is 2.55. The highest BCUT2D eigenvalue weighted by atomic mass is 19.4. The minimum atomic E-state index is -4.86. The Balaban J connectivity index is 1.97. The summed E-state index contributed by atoms with van der Waals surface area (Å²) in [4.78, 5) is 22.9. The lowest BCUT2D eigenvalue weighted by Gasteiger charge is -2.21. The predicted octanol–water partition coefficient (Wildman–Crippen LogP) is -0.764. The van der Waals surface area contributed by atoms with E-state index in [1.54, 1.807) is 0 Å². The van der Waals surface area contributed by atoms with Crippen LogP contribution in [0.4, 0.5) is 13.2 Å². The number of amides is 2. The molecule has 2 unspecified atom stereocenters. The molecular weight excluding hydrogens is 257 g/mol. The van der Waals surface area contributed by atoms with Gasteiger partial charge in [-0.25, -0.2) is 0 Å². The van der Waals surface area contributed by atoms with Gasteiger partial charge in [-0.3, -0.25) is 14.3 Å². The van der Waals surface area contributed by atoms with Gasteiger partial charge in [0, 0.05) is 19.4 Å². The third-order valence-electron chi connectivity index (χ3n) is 2.80. The van der Waals surface area contributed by atoms with E-state index in [2.05, 4.69) is 10.1 Å². The summed E-state index contributed by atoms with van der Waals surface area (Å²) in [6, 6.07) is 0. The average Bonchev–Trinajstić information content (AvgIpc) is 2.82. The molecule has 9 heteroatoms. The molecular formula is C9H11F3N2O4. The average molecular weight is 268 g/mol. The van der Waals surface area contributed by atoms with Crippen molar-refractivity contribution in [3.8, 4) is 0 Å². The molecule has 18 heavy (non-hydrogen) atoms. The second-order valence-electron chi connectivity index (χ2n) is 4.32. The summed E-state index contributed by atoms with van der Waals surface area (Å²) < 4.78 is 40.0. The van der Waals surface area contributed by atoms with E-state index in [0.717, 1.165) is 0 Å². The Bertz CT molecular complexity index is 380. The van der Waals surface area contributed by atoms with Crippen LogP contribution in [-0.2, 0) is 14.3 Å². The number of halogens is 3. The molecule has 1 aliphatic carbocycles. The molecule has 1 aliphatic heterocycles. The lowest BCUT2D eigenvalue weighted by atomic mass is 10.0. The number of rotatable bonds is 3. The van der Waals surface area contributed by atoms with E-state index in [1.807, 2.05) is 5.32 Å². The van der Waals surface area contributed by atoms with Crippen molar-refractivity contribution in [2.24, 2.45) is 5.92 Å². The Labute approximate surface area is 99.5 Å². The Morgan fingerprint density at radius 2 is 2.11 bits per heavy atom. The molecule has 6 nitrogen and oxygen atoms in total. The number of aliphatic hydroxyl groups is 1. The highest BCUT2D eigenvalue weighted by molar-refractivity contribution is 6.02. The molecule has 1 heterocycles. The van der Waals surface area contributed by atoms with Crippen molar-refractivity contribution in [1.29, 1.82) is 0 Å². The summed E-state index contributed by atoms with van der Waals surface area (Å²) in [7, 11) is 0. The SMILES string of the molecule is O=C1NCC(O)C1C(=O)NC1(OC(F)(F)F)CC1. The number of hydrogen-bond acceptors (Lipinski definition) is 4. The van der Waals surface area contributed by atoms with Gasteiger partial charge in [-0.05, 0) is 0 Å². The summed E-state index contributed by atoms with van der Waals surface area (Å²) in [6.07, 6.45) is -6.06. The van der Waals surface area contributed by atoms with Crippen molar-refractivity contribution in [1.82, 2.24) is 10.6 Å². The molecule has 2 amide bonds. The molecule has 0 aromatic heterocycles. The van der Waals surface area contributed by atoms with Crippen molar-refractivity contribution in [2.75, 3.05) is 6.54 Å². The molecule has 102 valence electrons. The van der Waals surface area contributed by atoms with E-state index in [4.69, 9.17) is 0 Å². The van der Waals surface area contributed by atoms with Gasteiger partial charge >= 0.3 is 6.36 Å². The summed E-state index contributed by atoms with van der Waals surface area (Å²) in [5, 5.41) is 13.6. The van der Waals surface area contributed by atoms with Crippen LogP contribution in [-0.4, -0.2) is 41.7 Å². The molecule has 1 saturated carbocycles. The van der Waals surface area contributed by atoms with E-state index < -0.39 is 35.9 Å². The molecule has 1 saturated heterocycles. The summed E-state index contributed by atoms with van der Waals surface area (Å²) >= 11 is 0. The van der Waals surface area contributed by atoms with Gasteiger partial charge in [-0.2, -0.15) is 0 Å². The number of ether oxygens (including phenoxy) is 1. The minimum absolute atomic E-state index is 0.0166. The van der Waals surface area contributed by atoms with Gasteiger partial charge in [-0.1, -0.05) is 0 Å². The first-order valence-electron chi connectivity index (χ1n) is 5.27. The quantitative estimate of drug-likeness (QED) is 0.463. The Hall–Kier alpha value is -1.35. The number of nitrogens with one attached hydrogen (secondary N) is 2. The maximum atomic E-state index is 12.1. The number of carbonyl (C=O) groups is 2. The Morgan fingerprint density at radius 3 is 2.50 bits per heavy atom. The van der Waals surface area contributed by atoms with Gasteiger partial charge in [0.15, 0.2) is 5.72 Å². The van der Waals surface area contributed by atoms with E-state index in [1.165, 1.54) is 0 Å². The van der Waals surface area contributed by atoms with Crippen LogP contribution in [0.25, 0.3) is 0 Å². The molecule has 0 radical (unpaired) electrons. The largest absolute Gasteiger partial charge is 0.524 e. The Kier molecular flexibility index (Phi) is 2.98. The lowest BCUT2D eigenvalue weighted by Crippen LogP contribution is -2.48. The van der Waals surface area contributed by atoms with Crippen molar-refractivity contribution in [3.63, 3.8) is 0 Å². The van der Waals surface area contributed by atoms with Crippen LogP contribution in [0.2, 0.25) is 0 Å². The van der Waals surface area contributed by atoms with Gasteiger partial charge in [-0.15, -0.1) is 13.2 Å². The smallest absolute Gasteiger partial charge is 0.390 e. The molecule has 2 atom stereocenters. The van der Waals surface area contributed by atoms with Crippen molar-refractivity contribution < 1.29 is 32.6 Å². The van der Waals surface area contributed by atoms with Gasteiger partial charge in [0.25, 0.3) is 0 Å². The van der Waals surface area contributed by atoms with Crippen LogP contribution in [0.1, 0.15) is 12.8 Å². The topological polar surface area (TPSA) is 87.7 Å². The van der Waals surface area contributed by atoms with E-state index >= 15 is 0 Å². The number of alkyl halides is 3. The second-order valence-corrected chi connectivity index (χ2v) is 4.32. The van der Waals surface area contributed by atoms with Gasteiger partial charge in [0.05, 0.1) is 6.10 Å². The van der Waals surface area contributed by atoms with Gasteiger partial charge in [0.1, 0.15) is 5.92 Å². The molecule has 2 fully saturated rings. The van der Waals surface area contributed by atoms with Crippen LogP contribution in [0.5, 0.6) is 0 Å². The Morgan fingerprint density at radius 1 is 1.50 bits per heavy atom. The first-order valence-corrected chi connectivity index (χ1v) is 5.27. The maximum absolute atomic E-state index is 12.1. The molecule has 2 rings (SSSR count). The van der Waals surface area contributed by atoms with Crippen LogP contribution in [0.3, 0.4) is 0 Å². The van der Waals surface area contributed by atoms with Crippen LogP contribution in [0.15, 0.2) is 0 Å². The van der Waals surface area contributed by atoms with Crippen LogP contribution in [0, 0.1) is 5.92 Å². The van der Waals surface area contributed by atoms with Crippen molar-refractivity contribution >= 4 is 11.8 Å². The maximum Gasteiger partial charge on any atom is 0.524 e. The van der Waals surface area contributed by atoms with Gasteiger partial charge in [0.2, 0.25) is 11.8 Å². The zero-order chi connectivity index (χ0) is 13.6. The predicted molar refractivity (Wildman–Crippen MR) is 49.8 cm³/mol. The molecule has 2 aliphatic rings. The van der Waals surface area contributed by atoms with E-state index in [9.17, 15) is 27.9 Å². The summed E-state index contributed by atoms with van der Waals surface area (Å²) in [5.41, 5.74) is -1.78. The normalized spacial score (nSPS) is 29.9. The monoisotopic (exact) mass is 268 g/mol. The van der Waals surface area contributed by atoms with E-state index in [-0.39, 0.29) is 19.4 Å². The molecule has 0 aromatic carbocycles. The minimum Gasteiger partial charge on any atom is -0.390 e. The molecule has 0 spiro atoms. The molecule has 3 N–H and O–H groups in total. The van der Waals surface area contributed by atoms with Crippen LogP contribution >= 0.6 is 0 Å². The fraction of sp³-hybridized carbons (Fsp3) is 0.778. The number of aliphatic hydroxyl groups excluding tert-OH is 1. The van der Waals surface area contributed by atoms with Crippen molar-refractivity contribution in [3.05, 3.63) is 0 Å². The number of carbonyl (C=O) groups excluding carboxylic acids is 2. The van der Waals surface area contributed by atoms with Crippen LogP contribution < -0.4 is 10.6 Å². The highest BCUT2D eigenvalue weighted by Crippen LogP contribution is 2.41. The van der Waals surface area contributed by atoms with E-state index in [0.29, 0.717) is 0 Å². The number of hydrogen-bond donors (Lipinski definition) is 3. The fourth-order valence-corrected chi connectivity index (χ4v) is 1.79. The summed E-state index contributed by atoms with van der Waals surface area (Å²) in [6.45, 7) is -0.0932. The first kappa shape index (κ1) is 13.1. The first-order chi connectivity index (χ1) is 8.22. The van der Waals surface area contributed by atoms with Gasteiger partial charge < -0.3 is 15.7 Å². The molecule has 0 bridgehead atoms. The third kappa shape index (κ3) is 2.72.